The summed E-state index contributed by atoms with van der Waals surface area (Å²) in [5.41, 5.74) is 3.89. The molecular formula is C24H18N2O2S. The van der Waals surface area contributed by atoms with E-state index in [1.54, 1.807) is 6.07 Å². The number of para-hydroxylation sites is 1. The van der Waals surface area contributed by atoms with Crippen molar-refractivity contribution in [3.8, 4) is 0 Å². The Morgan fingerprint density at radius 3 is 2.17 bits per heavy atom. The molecule has 0 saturated carbocycles. The molecule has 0 spiro atoms. The number of nitrogens with zero attached hydrogens (tertiary/aromatic N) is 1. The van der Waals surface area contributed by atoms with Gasteiger partial charge in [-0.2, -0.15) is 0 Å². The van der Waals surface area contributed by atoms with E-state index in [0.717, 1.165) is 16.8 Å². The van der Waals surface area contributed by atoms with Crippen molar-refractivity contribution in [1.82, 2.24) is 0 Å². The highest BCUT2D eigenvalue weighted by molar-refractivity contribution is 7.81. The first-order chi connectivity index (χ1) is 14.1. The fourth-order valence-corrected chi connectivity index (χ4v) is 3.66. The number of amides is 1. The lowest BCUT2D eigenvalue weighted by Crippen LogP contribution is -2.29. The molecule has 1 fully saturated rings. The molecule has 3 aromatic carbocycles. The monoisotopic (exact) mass is 398 g/mol. The van der Waals surface area contributed by atoms with Crippen LogP contribution < -0.4 is 10.2 Å². The third-order valence-electron chi connectivity index (χ3n) is 4.66. The molecular weight excluding hydrogens is 380 g/mol. The zero-order valence-electron chi connectivity index (χ0n) is 15.8. The molecule has 1 aliphatic heterocycles. The van der Waals surface area contributed by atoms with Crippen molar-refractivity contribution in [2.45, 2.75) is 6.92 Å². The van der Waals surface area contributed by atoms with Crippen molar-refractivity contribution >= 4 is 46.0 Å². The lowest BCUT2D eigenvalue weighted by Gasteiger charge is -2.17. The number of benzene rings is 3. The van der Waals surface area contributed by atoms with Crippen LogP contribution in [0.3, 0.4) is 0 Å². The summed E-state index contributed by atoms with van der Waals surface area (Å²) in [6.07, 6.45) is 0. The lowest BCUT2D eigenvalue weighted by atomic mass is 10.0. The van der Waals surface area contributed by atoms with E-state index in [1.807, 2.05) is 85.8 Å². The molecule has 0 bridgehead atoms. The third kappa shape index (κ3) is 3.60. The number of carbonyl (C=O) groups excluding carboxylic acids is 2. The Kier molecular flexibility index (Phi) is 5.06. The second-order valence-electron chi connectivity index (χ2n) is 6.72. The van der Waals surface area contributed by atoms with Gasteiger partial charge in [0.1, 0.15) is 4.99 Å². The molecule has 1 amide bonds. The molecule has 29 heavy (non-hydrogen) atoms. The maximum atomic E-state index is 13.0. The van der Waals surface area contributed by atoms with Crippen LogP contribution in [0.2, 0.25) is 0 Å². The van der Waals surface area contributed by atoms with Crippen LogP contribution in [-0.2, 0) is 9.59 Å². The predicted octanol–water partition coefficient (Wildman–Crippen LogP) is 4.76. The van der Waals surface area contributed by atoms with Gasteiger partial charge in [0.05, 0.1) is 17.0 Å². The first-order valence-corrected chi connectivity index (χ1v) is 9.58. The molecule has 1 aliphatic rings. The quantitative estimate of drug-likeness (QED) is 0.391. The summed E-state index contributed by atoms with van der Waals surface area (Å²) in [4.78, 5) is 27.4. The molecule has 0 atom stereocenters. The molecule has 3 aromatic rings. The second-order valence-corrected chi connectivity index (χ2v) is 7.11. The Balaban J connectivity index is 1.87. The van der Waals surface area contributed by atoms with Gasteiger partial charge in [-0.3, -0.25) is 14.5 Å². The van der Waals surface area contributed by atoms with E-state index in [0.29, 0.717) is 11.4 Å². The van der Waals surface area contributed by atoms with Crippen LogP contribution in [0.15, 0.2) is 90.5 Å². The van der Waals surface area contributed by atoms with Gasteiger partial charge < -0.3 is 5.32 Å². The van der Waals surface area contributed by atoms with Gasteiger partial charge >= 0.3 is 5.91 Å². The highest BCUT2D eigenvalue weighted by atomic mass is 32.1. The highest BCUT2D eigenvalue weighted by Crippen LogP contribution is 2.31. The van der Waals surface area contributed by atoms with Gasteiger partial charge in [0.15, 0.2) is 0 Å². The third-order valence-corrected chi connectivity index (χ3v) is 5.04. The molecule has 0 aromatic heterocycles. The van der Waals surface area contributed by atoms with E-state index in [-0.39, 0.29) is 10.6 Å². The van der Waals surface area contributed by atoms with Crippen LogP contribution in [-0.4, -0.2) is 16.7 Å². The Morgan fingerprint density at radius 2 is 1.52 bits per heavy atom. The summed E-state index contributed by atoms with van der Waals surface area (Å²) in [5.74, 6) is -1.25. The normalized spacial score (nSPS) is 15.6. The van der Waals surface area contributed by atoms with Crippen molar-refractivity contribution in [2.75, 3.05) is 10.2 Å². The summed E-state index contributed by atoms with van der Waals surface area (Å²) in [6, 6.07) is 26.3. The second kappa shape index (κ2) is 7.81. The number of nitrogens with one attached hydrogen (secondary N) is 1. The molecule has 142 valence electrons. The van der Waals surface area contributed by atoms with Gasteiger partial charge in [-0.15, -0.1) is 0 Å². The van der Waals surface area contributed by atoms with Crippen LogP contribution in [0.25, 0.3) is 5.70 Å². The maximum absolute atomic E-state index is 13.0. The van der Waals surface area contributed by atoms with E-state index in [2.05, 4.69) is 5.32 Å². The van der Waals surface area contributed by atoms with Crippen molar-refractivity contribution in [3.63, 3.8) is 0 Å². The molecule has 0 aliphatic carbocycles. The minimum absolute atomic E-state index is 0.202. The number of carbonyl (C=O) groups is 2. The van der Waals surface area contributed by atoms with Crippen molar-refractivity contribution in [2.24, 2.45) is 0 Å². The highest BCUT2D eigenvalue weighted by Gasteiger charge is 2.42. The number of thiocarbonyl (C=S) groups is 1. The Labute approximate surface area is 174 Å². The summed E-state index contributed by atoms with van der Waals surface area (Å²) in [6.45, 7) is 1.93. The molecule has 0 unspecified atom stereocenters. The minimum Gasteiger partial charge on any atom is -0.354 e. The first-order valence-electron chi connectivity index (χ1n) is 9.18. The van der Waals surface area contributed by atoms with E-state index < -0.39 is 11.7 Å². The smallest absolute Gasteiger partial charge is 0.304 e. The van der Waals surface area contributed by atoms with Crippen LogP contribution in [0.5, 0.6) is 0 Å². The number of hydrogen-bond acceptors (Lipinski definition) is 4. The van der Waals surface area contributed by atoms with Crippen LogP contribution in [0, 0.1) is 6.92 Å². The van der Waals surface area contributed by atoms with Gasteiger partial charge in [-0.25, -0.2) is 0 Å². The standard InChI is InChI=1S/C24H18N2O2S/c1-16-9-8-14-19(15-16)26-23(28)22(27)20(24(26)29)21(17-10-4-2-5-11-17)25-18-12-6-3-7-13-18/h2-15,25H,1H3. The van der Waals surface area contributed by atoms with Gasteiger partial charge in [0, 0.05) is 5.69 Å². The molecule has 4 rings (SSSR count). The van der Waals surface area contributed by atoms with Crippen molar-refractivity contribution < 1.29 is 9.59 Å². The zero-order valence-corrected chi connectivity index (χ0v) is 16.6. The summed E-state index contributed by atoms with van der Waals surface area (Å²) < 4.78 is 0. The zero-order chi connectivity index (χ0) is 20.4. The number of Topliss-reactive ketones (excluding diaryl/α,β-unsaturated/α-hetero) is 1. The molecule has 5 heteroatoms. The molecule has 1 saturated heterocycles. The number of anilines is 2. The Bertz CT molecular complexity index is 1140. The van der Waals surface area contributed by atoms with Crippen molar-refractivity contribution in [1.29, 1.82) is 0 Å². The average Bonchev–Trinajstić information content (AvgIpc) is 2.96. The number of hydrogen-bond donors (Lipinski definition) is 1. The van der Waals surface area contributed by atoms with E-state index in [1.165, 1.54) is 4.90 Å². The van der Waals surface area contributed by atoms with E-state index in [4.69, 9.17) is 12.2 Å². The summed E-state index contributed by atoms with van der Waals surface area (Å²) in [5, 5.41) is 3.29. The van der Waals surface area contributed by atoms with Gasteiger partial charge in [-0.05, 0) is 42.3 Å². The predicted molar refractivity (Wildman–Crippen MR) is 120 cm³/mol. The molecule has 0 radical (unpaired) electrons. The van der Waals surface area contributed by atoms with Crippen molar-refractivity contribution in [3.05, 3.63) is 102 Å². The first kappa shape index (κ1) is 18.8. The summed E-state index contributed by atoms with van der Waals surface area (Å²) in [7, 11) is 0. The van der Waals surface area contributed by atoms with Crippen LogP contribution >= 0.6 is 12.2 Å². The molecule has 1 heterocycles. The van der Waals surface area contributed by atoms with Crippen LogP contribution in [0.1, 0.15) is 11.1 Å². The van der Waals surface area contributed by atoms with E-state index >= 15 is 0 Å². The fourth-order valence-electron chi connectivity index (χ4n) is 3.28. The van der Waals surface area contributed by atoms with Gasteiger partial charge in [0.25, 0.3) is 5.78 Å². The fraction of sp³-hybridized carbons (Fsp3) is 0.0417. The SMILES string of the molecule is Cc1cccc(N2C(=O)C(=O)C(=C(Nc3ccccc3)c3ccccc3)C2=S)c1. The molecule has 4 nitrogen and oxygen atoms in total. The van der Waals surface area contributed by atoms with Crippen LogP contribution in [0.4, 0.5) is 11.4 Å². The van der Waals surface area contributed by atoms with Gasteiger partial charge in [-0.1, -0.05) is 72.9 Å². The largest absolute Gasteiger partial charge is 0.354 e. The topological polar surface area (TPSA) is 49.4 Å². The lowest BCUT2D eigenvalue weighted by molar-refractivity contribution is -0.132. The Morgan fingerprint density at radius 1 is 0.862 bits per heavy atom. The van der Waals surface area contributed by atoms with E-state index in [9.17, 15) is 9.59 Å². The molecule has 1 N–H and O–H groups in total. The number of ketones is 1. The van der Waals surface area contributed by atoms with Gasteiger partial charge in [0.2, 0.25) is 0 Å². The Hall–Kier alpha value is -3.57. The average molecular weight is 398 g/mol. The number of aryl methyl sites for hydroxylation is 1. The summed E-state index contributed by atoms with van der Waals surface area (Å²) >= 11 is 5.62. The minimum atomic E-state index is -0.640. The maximum Gasteiger partial charge on any atom is 0.304 e. The number of rotatable bonds is 4.